The minimum absolute atomic E-state index is 0.00936. The van der Waals surface area contributed by atoms with Crippen molar-refractivity contribution in [2.75, 3.05) is 33.7 Å². The lowest BCUT2D eigenvalue weighted by Gasteiger charge is -2.40. The highest BCUT2D eigenvalue weighted by atomic mass is 16.4. The molecule has 0 spiro atoms. The van der Waals surface area contributed by atoms with Crippen LogP contribution in [-0.2, 0) is 9.59 Å². The van der Waals surface area contributed by atoms with Crippen LogP contribution < -0.4 is 5.32 Å². The van der Waals surface area contributed by atoms with Crippen LogP contribution in [0.5, 0.6) is 0 Å². The number of rotatable bonds is 4. The summed E-state index contributed by atoms with van der Waals surface area (Å²) in [6.45, 7) is 0.905. The second-order valence-electron chi connectivity index (χ2n) is 4.18. The highest BCUT2D eigenvalue weighted by Crippen LogP contribution is 2.20. The summed E-state index contributed by atoms with van der Waals surface area (Å²) < 4.78 is 0. The van der Waals surface area contributed by atoms with E-state index < -0.39 is 5.97 Å². The average Bonchev–Trinajstić information content (AvgIpc) is 2.21. The van der Waals surface area contributed by atoms with Gasteiger partial charge in [0, 0.05) is 33.1 Å². The van der Waals surface area contributed by atoms with Gasteiger partial charge in [0.15, 0.2) is 0 Å². The van der Waals surface area contributed by atoms with Crippen molar-refractivity contribution in [2.45, 2.75) is 6.42 Å². The predicted molar refractivity (Wildman–Crippen MR) is 59.4 cm³/mol. The van der Waals surface area contributed by atoms with Gasteiger partial charge in [-0.3, -0.25) is 9.59 Å². The summed E-state index contributed by atoms with van der Waals surface area (Å²) in [5.41, 5.74) is 0. The molecular formula is C10H17N3O4. The fraction of sp³-hybridized carbons (Fsp3) is 0.700. The average molecular weight is 243 g/mol. The number of aliphatic carboxylic acids is 1. The number of carbonyl (C=O) groups excluding carboxylic acids is 2. The molecule has 96 valence electrons. The van der Waals surface area contributed by atoms with Gasteiger partial charge < -0.3 is 20.2 Å². The molecule has 0 unspecified atom stereocenters. The maximum atomic E-state index is 11.7. The Morgan fingerprint density at radius 2 is 2.00 bits per heavy atom. The van der Waals surface area contributed by atoms with Gasteiger partial charge in [-0.1, -0.05) is 0 Å². The lowest BCUT2D eigenvalue weighted by atomic mass is 9.97. The minimum Gasteiger partial charge on any atom is -0.481 e. The van der Waals surface area contributed by atoms with Gasteiger partial charge in [-0.05, 0) is 0 Å². The van der Waals surface area contributed by atoms with Crippen molar-refractivity contribution in [1.29, 1.82) is 0 Å². The molecule has 1 saturated heterocycles. The molecule has 0 saturated carbocycles. The first-order valence-corrected chi connectivity index (χ1v) is 5.36. The summed E-state index contributed by atoms with van der Waals surface area (Å²) in [5.74, 6) is -1.05. The van der Waals surface area contributed by atoms with Crippen molar-refractivity contribution in [3.05, 3.63) is 0 Å². The van der Waals surface area contributed by atoms with Crippen molar-refractivity contribution in [3.8, 4) is 0 Å². The number of urea groups is 1. The molecule has 1 aliphatic heterocycles. The van der Waals surface area contributed by atoms with Gasteiger partial charge in [0.2, 0.25) is 5.91 Å². The number of nitrogens with zero attached hydrogens (tertiary/aromatic N) is 2. The van der Waals surface area contributed by atoms with Gasteiger partial charge in [-0.25, -0.2) is 4.79 Å². The van der Waals surface area contributed by atoms with Gasteiger partial charge in [-0.15, -0.1) is 0 Å². The van der Waals surface area contributed by atoms with Crippen molar-refractivity contribution in [1.82, 2.24) is 15.1 Å². The molecule has 0 bridgehead atoms. The van der Waals surface area contributed by atoms with Crippen LogP contribution >= 0.6 is 0 Å². The molecule has 3 amide bonds. The summed E-state index contributed by atoms with van der Waals surface area (Å²) >= 11 is 0. The zero-order valence-corrected chi connectivity index (χ0v) is 9.97. The Labute approximate surface area is 99.4 Å². The lowest BCUT2D eigenvalue weighted by Crippen LogP contribution is -2.55. The van der Waals surface area contributed by atoms with E-state index in [1.54, 1.807) is 7.05 Å². The maximum Gasteiger partial charge on any atom is 0.320 e. The van der Waals surface area contributed by atoms with Gasteiger partial charge >= 0.3 is 12.0 Å². The number of carboxylic acid groups (broad SMARTS) is 1. The summed E-state index contributed by atoms with van der Waals surface area (Å²) in [6, 6.07) is -0.241. The molecule has 0 radical (unpaired) electrons. The predicted octanol–water partition coefficient (Wildman–Crippen LogP) is -0.809. The van der Waals surface area contributed by atoms with E-state index in [-0.39, 0.29) is 30.8 Å². The number of nitrogens with one attached hydrogen (secondary N) is 1. The first kappa shape index (κ1) is 13.3. The highest BCUT2D eigenvalue weighted by molar-refractivity contribution is 5.84. The van der Waals surface area contributed by atoms with Crippen LogP contribution in [0.25, 0.3) is 0 Å². The molecule has 1 heterocycles. The molecule has 2 N–H and O–H groups in total. The van der Waals surface area contributed by atoms with Gasteiger partial charge in [0.05, 0.1) is 6.42 Å². The van der Waals surface area contributed by atoms with Crippen LogP contribution in [0.1, 0.15) is 6.42 Å². The fourth-order valence-electron chi connectivity index (χ4n) is 1.71. The molecule has 7 heteroatoms. The molecule has 0 aromatic carbocycles. The first-order chi connectivity index (χ1) is 7.93. The Bertz CT molecular complexity index is 326. The summed E-state index contributed by atoms with van der Waals surface area (Å²) in [6.07, 6.45) is 0.0863. The third-order valence-electron chi connectivity index (χ3n) is 2.68. The van der Waals surface area contributed by atoms with Crippen molar-refractivity contribution < 1.29 is 19.5 Å². The Morgan fingerprint density at radius 1 is 1.41 bits per heavy atom. The van der Waals surface area contributed by atoms with Crippen molar-refractivity contribution in [2.24, 2.45) is 5.92 Å². The lowest BCUT2D eigenvalue weighted by molar-refractivity contribution is -0.139. The topological polar surface area (TPSA) is 90.0 Å². The van der Waals surface area contributed by atoms with E-state index in [9.17, 15) is 14.4 Å². The minimum atomic E-state index is -0.846. The zero-order chi connectivity index (χ0) is 13.0. The van der Waals surface area contributed by atoms with E-state index in [0.29, 0.717) is 13.1 Å². The molecule has 0 aliphatic carbocycles. The zero-order valence-electron chi connectivity index (χ0n) is 9.97. The van der Waals surface area contributed by atoms with E-state index in [1.165, 1.54) is 16.8 Å². The monoisotopic (exact) mass is 243 g/mol. The van der Waals surface area contributed by atoms with E-state index in [4.69, 9.17) is 5.11 Å². The molecular weight excluding hydrogens is 226 g/mol. The molecule has 1 rings (SSSR count). The van der Waals surface area contributed by atoms with Crippen LogP contribution in [0, 0.1) is 5.92 Å². The summed E-state index contributed by atoms with van der Waals surface area (Å²) in [4.78, 5) is 36.1. The summed E-state index contributed by atoms with van der Waals surface area (Å²) in [7, 11) is 3.05. The van der Waals surface area contributed by atoms with Crippen LogP contribution in [0.2, 0.25) is 0 Å². The smallest absolute Gasteiger partial charge is 0.320 e. The fourth-order valence-corrected chi connectivity index (χ4v) is 1.71. The molecule has 17 heavy (non-hydrogen) atoms. The number of amides is 3. The van der Waals surface area contributed by atoms with Crippen molar-refractivity contribution in [3.63, 3.8) is 0 Å². The number of hydrogen-bond acceptors (Lipinski definition) is 3. The van der Waals surface area contributed by atoms with E-state index in [0.717, 1.165) is 0 Å². The van der Waals surface area contributed by atoms with Crippen LogP contribution in [-0.4, -0.2) is 66.5 Å². The highest BCUT2D eigenvalue weighted by Gasteiger charge is 2.33. The van der Waals surface area contributed by atoms with Crippen LogP contribution in [0.15, 0.2) is 0 Å². The van der Waals surface area contributed by atoms with Crippen LogP contribution in [0.3, 0.4) is 0 Å². The Kier molecular flexibility index (Phi) is 4.30. The molecule has 0 atom stereocenters. The second kappa shape index (κ2) is 5.51. The maximum absolute atomic E-state index is 11.7. The number of carboxylic acids is 1. The summed E-state index contributed by atoms with van der Waals surface area (Å²) in [5, 5.41) is 11.0. The standard InChI is InChI=1S/C10H17N3O4/c1-11-8(14)6-12(2)10(17)13-4-7(5-13)3-9(15)16/h7H,3-6H2,1-2H3,(H,11,14)(H,15,16). The Balaban J connectivity index is 2.31. The van der Waals surface area contributed by atoms with Crippen molar-refractivity contribution >= 4 is 17.9 Å². The first-order valence-electron chi connectivity index (χ1n) is 5.36. The molecule has 0 aromatic rings. The molecule has 0 aromatic heterocycles. The van der Waals surface area contributed by atoms with E-state index in [2.05, 4.69) is 5.32 Å². The molecule has 7 nitrogen and oxygen atoms in total. The number of likely N-dealkylation sites (N-methyl/N-ethyl adjacent to an activating group) is 2. The molecule has 1 aliphatic rings. The normalized spacial score (nSPS) is 15.1. The number of likely N-dealkylation sites (tertiary alicyclic amines) is 1. The van der Waals surface area contributed by atoms with E-state index in [1.807, 2.05) is 0 Å². The number of carbonyl (C=O) groups is 3. The third kappa shape index (κ3) is 3.61. The van der Waals surface area contributed by atoms with Gasteiger partial charge in [0.1, 0.15) is 6.54 Å². The molecule has 1 fully saturated rings. The van der Waals surface area contributed by atoms with E-state index >= 15 is 0 Å². The Morgan fingerprint density at radius 3 is 2.47 bits per heavy atom. The van der Waals surface area contributed by atoms with Crippen LogP contribution in [0.4, 0.5) is 4.79 Å². The Hall–Kier alpha value is -1.79. The third-order valence-corrected chi connectivity index (χ3v) is 2.68. The van der Waals surface area contributed by atoms with Gasteiger partial charge in [0.25, 0.3) is 0 Å². The van der Waals surface area contributed by atoms with Gasteiger partial charge in [-0.2, -0.15) is 0 Å². The second-order valence-corrected chi connectivity index (χ2v) is 4.18. The SMILES string of the molecule is CNC(=O)CN(C)C(=O)N1CC(CC(=O)O)C1. The quantitative estimate of drug-likeness (QED) is 0.675. The largest absolute Gasteiger partial charge is 0.481 e. The number of hydrogen-bond donors (Lipinski definition) is 2.